The van der Waals surface area contributed by atoms with Crippen LogP contribution in [0.1, 0.15) is 22.1 Å². The van der Waals surface area contributed by atoms with Crippen LogP contribution < -0.4 is 10.1 Å². The number of hydrogen-bond acceptors (Lipinski definition) is 7. The number of nitrogens with zero attached hydrogens (tertiary/aromatic N) is 4. The van der Waals surface area contributed by atoms with Gasteiger partial charge < -0.3 is 15.2 Å². The quantitative estimate of drug-likeness (QED) is 0.716. The summed E-state index contributed by atoms with van der Waals surface area (Å²) < 4.78 is 6.79. The van der Waals surface area contributed by atoms with Crippen molar-refractivity contribution in [3.63, 3.8) is 0 Å². The van der Waals surface area contributed by atoms with Gasteiger partial charge in [-0.05, 0) is 30.7 Å². The van der Waals surface area contributed by atoms with Crippen LogP contribution in [0.4, 0.5) is 5.82 Å². The Kier molecular flexibility index (Phi) is 4.44. The molecule has 0 fully saturated rings. The summed E-state index contributed by atoms with van der Waals surface area (Å²) in [5, 5.41) is 17.2. The van der Waals surface area contributed by atoms with Crippen molar-refractivity contribution in [3.8, 4) is 17.4 Å². The molecule has 0 aliphatic carbocycles. The Labute approximate surface area is 159 Å². The molecular formula is C18H17N5O3S. The van der Waals surface area contributed by atoms with Crippen molar-refractivity contribution in [1.29, 1.82) is 0 Å². The van der Waals surface area contributed by atoms with Gasteiger partial charge in [0.15, 0.2) is 11.5 Å². The summed E-state index contributed by atoms with van der Waals surface area (Å²) >= 11 is 1.49. The molecule has 0 saturated carbocycles. The zero-order valence-electron chi connectivity index (χ0n) is 14.7. The van der Waals surface area contributed by atoms with Gasteiger partial charge >= 0.3 is 0 Å². The Morgan fingerprint density at radius 2 is 2.11 bits per heavy atom. The van der Waals surface area contributed by atoms with E-state index >= 15 is 0 Å². The molecule has 8 nitrogen and oxygen atoms in total. The first kappa shape index (κ1) is 17.3. The molecule has 0 unspecified atom stereocenters. The molecule has 0 saturated heterocycles. The number of aromatic hydroxyl groups is 1. The molecular weight excluding hydrogens is 366 g/mol. The standard InChI is InChI=1S/C18H17N5O3S/c1-10-15-16(11-4-5-12(24)13(8-11)26-2)27-9-14(25)21-17(15)23(22-10)18-19-6-3-7-20-18/h3-8,16,24H,9H2,1-2H3,(H,21,25)/t16-/m0/s1. The van der Waals surface area contributed by atoms with E-state index in [-0.39, 0.29) is 22.7 Å². The number of nitrogens with one attached hydrogen (secondary N) is 1. The van der Waals surface area contributed by atoms with Gasteiger partial charge in [0.1, 0.15) is 5.82 Å². The highest BCUT2D eigenvalue weighted by Crippen LogP contribution is 2.45. The summed E-state index contributed by atoms with van der Waals surface area (Å²) in [6.45, 7) is 1.89. The minimum Gasteiger partial charge on any atom is -0.504 e. The predicted molar refractivity (Wildman–Crippen MR) is 101 cm³/mol. The minimum absolute atomic E-state index is 0.0689. The van der Waals surface area contributed by atoms with Crippen molar-refractivity contribution in [2.45, 2.75) is 12.2 Å². The average Bonchev–Trinajstić information content (AvgIpc) is 2.89. The van der Waals surface area contributed by atoms with Crippen molar-refractivity contribution in [2.75, 3.05) is 18.2 Å². The van der Waals surface area contributed by atoms with E-state index in [1.807, 2.05) is 13.0 Å². The van der Waals surface area contributed by atoms with Crippen molar-refractivity contribution in [3.05, 3.63) is 53.5 Å². The molecule has 0 spiro atoms. The molecule has 2 aromatic heterocycles. The summed E-state index contributed by atoms with van der Waals surface area (Å²) in [6.07, 6.45) is 3.25. The lowest BCUT2D eigenvalue weighted by Gasteiger charge is -2.16. The Morgan fingerprint density at radius 1 is 1.33 bits per heavy atom. The molecule has 0 bridgehead atoms. The number of rotatable bonds is 3. The van der Waals surface area contributed by atoms with Gasteiger partial charge in [-0.3, -0.25) is 4.79 Å². The molecule has 3 heterocycles. The van der Waals surface area contributed by atoms with Crippen LogP contribution >= 0.6 is 11.8 Å². The number of aromatic nitrogens is 4. The van der Waals surface area contributed by atoms with Gasteiger partial charge in [-0.25, -0.2) is 9.97 Å². The number of amides is 1. The molecule has 4 rings (SSSR count). The van der Waals surface area contributed by atoms with Crippen molar-refractivity contribution < 1.29 is 14.6 Å². The number of benzene rings is 1. The Balaban J connectivity index is 1.88. The SMILES string of the molecule is COc1cc([C@@H]2SCC(=O)Nc3c2c(C)nn3-c2ncccn2)ccc1O. The number of methoxy groups -OCH3 is 1. The number of carbonyl (C=O) groups excluding carboxylic acids is 1. The number of phenolic OH excluding ortho intramolecular Hbond substituents is 1. The lowest BCUT2D eigenvalue weighted by atomic mass is 10.0. The summed E-state index contributed by atoms with van der Waals surface area (Å²) in [5.74, 6) is 1.57. The molecule has 0 radical (unpaired) electrons. The number of hydrogen-bond donors (Lipinski definition) is 2. The molecule has 1 aliphatic heterocycles. The van der Waals surface area contributed by atoms with Gasteiger partial charge in [0, 0.05) is 18.0 Å². The summed E-state index contributed by atoms with van der Waals surface area (Å²) in [4.78, 5) is 20.8. The van der Waals surface area contributed by atoms with E-state index in [0.717, 1.165) is 16.8 Å². The molecule has 1 atom stereocenters. The number of thioether (sulfide) groups is 1. The second kappa shape index (κ2) is 6.92. The maximum atomic E-state index is 12.3. The number of aryl methyl sites for hydroxylation is 1. The Bertz CT molecular complexity index is 1010. The molecule has 1 aromatic carbocycles. The lowest BCUT2D eigenvalue weighted by Crippen LogP contribution is -2.16. The number of fused-ring (bicyclic) bond motifs is 1. The van der Waals surface area contributed by atoms with Gasteiger partial charge in [-0.2, -0.15) is 9.78 Å². The van der Waals surface area contributed by atoms with Gasteiger partial charge in [0.05, 0.1) is 23.8 Å². The number of anilines is 1. The highest BCUT2D eigenvalue weighted by atomic mass is 32.2. The highest BCUT2D eigenvalue weighted by Gasteiger charge is 2.31. The topological polar surface area (TPSA) is 102 Å². The highest BCUT2D eigenvalue weighted by molar-refractivity contribution is 8.00. The molecule has 1 aliphatic rings. The third-order valence-corrected chi connectivity index (χ3v) is 5.53. The first-order chi connectivity index (χ1) is 13.1. The third-order valence-electron chi connectivity index (χ3n) is 4.26. The third kappa shape index (κ3) is 3.10. The summed E-state index contributed by atoms with van der Waals surface area (Å²) in [6, 6.07) is 6.92. The van der Waals surface area contributed by atoms with Gasteiger partial charge in [0.25, 0.3) is 5.95 Å². The number of carbonyl (C=O) groups is 1. The van der Waals surface area contributed by atoms with Crippen LogP contribution in [0.3, 0.4) is 0 Å². The van der Waals surface area contributed by atoms with Crippen molar-refractivity contribution in [1.82, 2.24) is 19.7 Å². The van der Waals surface area contributed by atoms with Crippen LogP contribution in [0.5, 0.6) is 11.5 Å². The van der Waals surface area contributed by atoms with Gasteiger partial charge in [-0.15, -0.1) is 11.8 Å². The Hall–Kier alpha value is -3.07. The van der Waals surface area contributed by atoms with Crippen LogP contribution in [0.25, 0.3) is 5.95 Å². The smallest absolute Gasteiger partial charge is 0.252 e. The van der Waals surface area contributed by atoms with Crippen LogP contribution in [0, 0.1) is 6.92 Å². The monoisotopic (exact) mass is 383 g/mol. The van der Waals surface area contributed by atoms with Gasteiger partial charge in [-0.1, -0.05) is 6.07 Å². The summed E-state index contributed by atoms with van der Waals surface area (Å²) in [7, 11) is 1.51. The van der Waals surface area contributed by atoms with E-state index in [2.05, 4.69) is 20.4 Å². The molecule has 3 aromatic rings. The summed E-state index contributed by atoms with van der Waals surface area (Å²) in [5.41, 5.74) is 2.55. The Morgan fingerprint density at radius 3 is 2.85 bits per heavy atom. The van der Waals surface area contributed by atoms with E-state index in [0.29, 0.717) is 17.5 Å². The first-order valence-corrected chi connectivity index (χ1v) is 9.28. The predicted octanol–water partition coefficient (Wildman–Crippen LogP) is 2.46. The second-order valence-corrected chi connectivity index (χ2v) is 7.07. The fourth-order valence-corrected chi connectivity index (χ4v) is 4.23. The van der Waals surface area contributed by atoms with Crippen molar-refractivity contribution in [2.24, 2.45) is 0 Å². The number of ether oxygens (including phenoxy) is 1. The van der Waals surface area contributed by atoms with E-state index in [1.54, 1.807) is 35.3 Å². The molecule has 2 N–H and O–H groups in total. The molecule has 9 heteroatoms. The maximum Gasteiger partial charge on any atom is 0.252 e. The normalized spacial score (nSPS) is 16.4. The van der Waals surface area contributed by atoms with E-state index < -0.39 is 0 Å². The van der Waals surface area contributed by atoms with Crippen LogP contribution in [0.2, 0.25) is 0 Å². The van der Waals surface area contributed by atoms with Crippen LogP contribution in [-0.4, -0.2) is 43.6 Å². The fourth-order valence-electron chi connectivity index (χ4n) is 3.05. The molecule has 138 valence electrons. The van der Waals surface area contributed by atoms with E-state index in [4.69, 9.17) is 4.74 Å². The largest absolute Gasteiger partial charge is 0.504 e. The van der Waals surface area contributed by atoms with E-state index in [1.165, 1.54) is 18.9 Å². The average molecular weight is 383 g/mol. The first-order valence-electron chi connectivity index (χ1n) is 8.23. The fraction of sp³-hybridized carbons (Fsp3) is 0.222. The number of phenols is 1. The maximum absolute atomic E-state index is 12.3. The molecule has 27 heavy (non-hydrogen) atoms. The van der Waals surface area contributed by atoms with Crippen LogP contribution in [-0.2, 0) is 4.79 Å². The second-order valence-electron chi connectivity index (χ2n) is 5.98. The van der Waals surface area contributed by atoms with Crippen molar-refractivity contribution >= 4 is 23.5 Å². The zero-order chi connectivity index (χ0) is 19.0. The zero-order valence-corrected chi connectivity index (χ0v) is 15.5. The molecule has 1 amide bonds. The van der Waals surface area contributed by atoms with Gasteiger partial charge in [0.2, 0.25) is 5.91 Å². The lowest BCUT2D eigenvalue weighted by molar-refractivity contribution is -0.113. The van der Waals surface area contributed by atoms with Crippen LogP contribution in [0.15, 0.2) is 36.7 Å². The van der Waals surface area contributed by atoms with E-state index in [9.17, 15) is 9.90 Å². The minimum atomic E-state index is -0.161.